The van der Waals surface area contributed by atoms with Crippen molar-refractivity contribution in [3.8, 4) is 6.07 Å². The van der Waals surface area contributed by atoms with Gasteiger partial charge in [-0.15, -0.1) is 0 Å². The van der Waals surface area contributed by atoms with Crippen molar-refractivity contribution < 1.29 is 9.69 Å². The van der Waals surface area contributed by atoms with Crippen LogP contribution in [0.25, 0.3) is 0 Å². The molecule has 1 aromatic carbocycles. The molecule has 0 aliphatic carbocycles. The first-order valence-electron chi connectivity index (χ1n) is 5.46. The zero-order valence-electron chi connectivity index (χ0n) is 9.96. The number of amides is 1. The van der Waals surface area contributed by atoms with E-state index in [2.05, 4.69) is 11.4 Å². The van der Waals surface area contributed by atoms with Gasteiger partial charge in [-0.3, -0.25) is 4.79 Å². The monoisotopic (exact) mass is 286 g/mol. The van der Waals surface area contributed by atoms with Gasteiger partial charge in [0.2, 0.25) is 0 Å². The Labute approximate surface area is 116 Å². The number of anilines is 1. The van der Waals surface area contributed by atoms with Crippen LogP contribution in [-0.2, 0) is 4.79 Å². The van der Waals surface area contributed by atoms with E-state index in [4.69, 9.17) is 28.5 Å². The molecule has 0 spiro atoms. The van der Waals surface area contributed by atoms with Gasteiger partial charge in [0.05, 0.1) is 36.1 Å². The molecule has 1 rings (SSSR count). The first kappa shape index (κ1) is 14.8. The Balaban J connectivity index is 2.49. The number of likely N-dealkylation sites (N-methyl/N-ethyl adjacent to an activating group) is 1. The first-order valence-corrected chi connectivity index (χ1v) is 6.21. The van der Waals surface area contributed by atoms with Crippen molar-refractivity contribution in [1.82, 2.24) is 0 Å². The highest BCUT2D eigenvalue weighted by Crippen LogP contribution is 2.24. The van der Waals surface area contributed by atoms with Crippen molar-refractivity contribution in [3.63, 3.8) is 0 Å². The summed E-state index contributed by atoms with van der Waals surface area (Å²) in [4.78, 5) is 12.7. The molecule has 1 unspecified atom stereocenters. The van der Waals surface area contributed by atoms with Crippen LogP contribution in [0.2, 0.25) is 10.0 Å². The Kier molecular flexibility index (Phi) is 5.93. The Morgan fingerprint density at radius 1 is 1.44 bits per heavy atom. The molecule has 0 heterocycles. The van der Waals surface area contributed by atoms with Crippen LogP contribution in [0.4, 0.5) is 5.69 Å². The fourth-order valence-corrected chi connectivity index (χ4v) is 1.71. The van der Waals surface area contributed by atoms with Crippen LogP contribution in [0.3, 0.4) is 0 Å². The second-order valence-electron chi connectivity index (χ2n) is 3.97. The molecule has 18 heavy (non-hydrogen) atoms. The maximum atomic E-state index is 11.7. The fraction of sp³-hybridized carbons (Fsp3) is 0.333. The summed E-state index contributed by atoms with van der Waals surface area (Å²) < 4.78 is 0. The number of carbonyl (C=O) groups is 1. The maximum Gasteiger partial charge on any atom is 0.279 e. The Morgan fingerprint density at radius 3 is 2.78 bits per heavy atom. The van der Waals surface area contributed by atoms with Crippen LogP contribution >= 0.6 is 23.2 Å². The maximum absolute atomic E-state index is 11.7. The molecule has 0 aliphatic heterocycles. The van der Waals surface area contributed by atoms with E-state index in [1.165, 1.54) is 0 Å². The number of rotatable bonds is 5. The third kappa shape index (κ3) is 4.92. The van der Waals surface area contributed by atoms with Crippen LogP contribution in [0.5, 0.6) is 0 Å². The minimum absolute atomic E-state index is 0.121. The van der Waals surface area contributed by atoms with Gasteiger partial charge in [-0.05, 0) is 18.2 Å². The number of hydrogen-bond donors (Lipinski definition) is 2. The number of hydrogen-bond acceptors (Lipinski definition) is 2. The van der Waals surface area contributed by atoms with Gasteiger partial charge in [-0.25, -0.2) is 0 Å². The summed E-state index contributed by atoms with van der Waals surface area (Å²) in [7, 11) is 1.87. The molecule has 1 aromatic rings. The Hall–Kier alpha value is -1.28. The van der Waals surface area contributed by atoms with Gasteiger partial charge in [0.25, 0.3) is 5.91 Å². The molecular formula is C12H14Cl2N3O+. The van der Waals surface area contributed by atoms with Crippen LogP contribution in [0.15, 0.2) is 18.2 Å². The normalized spacial score (nSPS) is 11.7. The molecule has 0 saturated heterocycles. The lowest BCUT2D eigenvalue weighted by Crippen LogP contribution is -3.10. The molecule has 4 nitrogen and oxygen atoms in total. The summed E-state index contributed by atoms with van der Waals surface area (Å²) in [6.07, 6.45) is 0.436. The Morgan fingerprint density at radius 2 is 2.17 bits per heavy atom. The number of nitriles is 1. The average molecular weight is 287 g/mol. The third-order valence-corrected chi connectivity index (χ3v) is 3.07. The van der Waals surface area contributed by atoms with E-state index in [-0.39, 0.29) is 5.91 Å². The van der Waals surface area contributed by atoms with E-state index in [1.54, 1.807) is 18.2 Å². The molecule has 0 saturated carbocycles. The SMILES string of the molecule is C[NH+](CCC#N)CC(=O)Nc1ccc(Cl)c(Cl)c1. The van der Waals surface area contributed by atoms with E-state index < -0.39 is 0 Å². The molecule has 1 atom stereocenters. The van der Waals surface area contributed by atoms with Gasteiger partial charge in [-0.2, -0.15) is 5.26 Å². The number of carbonyl (C=O) groups excluding carboxylic acids is 1. The summed E-state index contributed by atoms with van der Waals surface area (Å²) in [6.45, 7) is 0.952. The van der Waals surface area contributed by atoms with Gasteiger partial charge >= 0.3 is 0 Å². The standard InChI is InChI=1S/C12H13Cl2N3O/c1-17(6-2-5-15)8-12(18)16-9-3-4-10(13)11(14)7-9/h3-4,7H,2,6,8H2,1H3,(H,16,18)/p+1. The average Bonchev–Trinajstić information content (AvgIpc) is 2.31. The largest absolute Gasteiger partial charge is 0.329 e. The van der Waals surface area contributed by atoms with E-state index in [0.717, 1.165) is 4.90 Å². The highest BCUT2D eigenvalue weighted by molar-refractivity contribution is 6.42. The van der Waals surface area contributed by atoms with Crippen molar-refractivity contribution in [2.45, 2.75) is 6.42 Å². The minimum Gasteiger partial charge on any atom is -0.329 e. The van der Waals surface area contributed by atoms with Crippen molar-refractivity contribution in [3.05, 3.63) is 28.2 Å². The molecule has 0 bridgehead atoms. The van der Waals surface area contributed by atoms with Crippen LogP contribution in [0.1, 0.15) is 6.42 Å². The highest BCUT2D eigenvalue weighted by Gasteiger charge is 2.10. The molecule has 2 N–H and O–H groups in total. The summed E-state index contributed by atoms with van der Waals surface area (Å²) in [5, 5.41) is 12.0. The lowest BCUT2D eigenvalue weighted by Gasteiger charge is -2.12. The lowest BCUT2D eigenvalue weighted by molar-refractivity contribution is -0.870. The van der Waals surface area contributed by atoms with Crippen molar-refractivity contribution >= 4 is 34.8 Å². The van der Waals surface area contributed by atoms with Gasteiger partial charge in [0.15, 0.2) is 6.54 Å². The molecule has 0 fully saturated rings. The number of nitrogens with zero attached hydrogens (tertiary/aromatic N) is 1. The molecule has 0 aliphatic rings. The van der Waals surface area contributed by atoms with Gasteiger partial charge < -0.3 is 10.2 Å². The summed E-state index contributed by atoms with van der Waals surface area (Å²) in [5.41, 5.74) is 0.613. The van der Waals surface area contributed by atoms with Gasteiger partial charge in [0, 0.05) is 5.69 Å². The van der Waals surface area contributed by atoms with Crippen molar-refractivity contribution in [2.75, 3.05) is 25.5 Å². The smallest absolute Gasteiger partial charge is 0.279 e. The van der Waals surface area contributed by atoms with E-state index in [1.807, 2.05) is 7.05 Å². The molecule has 0 aromatic heterocycles. The van der Waals surface area contributed by atoms with E-state index in [9.17, 15) is 4.79 Å². The molecule has 96 valence electrons. The summed E-state index contributed by atoms with van der Waals surface area (Å²) in [6, 6.07) is 6.98. The minimum atomic E-state index is -0.121. The zero-order chi connectivity index (χ0) is 13.5. The lowest BCUT2D eigenvalue weighted by atomic mass is 10.3. The number of halogens is 2. The Bertz CT molecular complexity index is 471. The number of quaternary nitrogens is 1. The number of benzene rings is 1. The van der Waals surface area contributed by atoms with Crippen molar-refractivity contribution in [1.29, 1.82) is 5.26 Å². The summed E-state index contributed by atoms with van der Waals surface area (Å²) >= 11 is 11.6. The topological polar surface area (TPSA) is 57.3 Å². The zero-order valence-corrected chi connectivity index (χ0v) is 11.5. The van der Waals surface area contributed by atoms with E-state index >= 15 is 0 Å². The predicted molar refractivity (Wildman–Crippen MR) is 71.9 cm³/mol. The second-order valence-corrected chi connectivity index (χ2v) is 4.78. The molecule has 6 heteroatoms. The highest BCUT2D eigenvalue weighted by atomic mass is 35.5. The fourth-order valence-electron chi connectivity index (χ4n) is 1.41. The van der Waals surface area contributed by atoms with Crippen LogP contribution in [-0.4, -0.2) is 26.0 Å². The predicted octanol–water partition coefficient (Wildman–Crippen LogP) is 1.36. The molecular weight excluding hydrogens is 273 g/mol. The third-order valence-electron chi connectivity index (χ3n) is 2.33. The van der Waals surface area contributed by atoms with Gasteiger partial charge in [-0.1, -0.05) is 23.2 Å². The quantitative estimate of drug-likeness (QED) is 0.859. The molecule has 1 amide bonds. The van der Waals surface area contributed by atoms with E-state index in [0.29, 0.717) is 35.2 Å². The molecule has 0 radical (unpaired) electrons. The first-order chi connectivity index (χ1) is 8.52. The number of nitrogens with one attached hydrogen (secondary N) is 2. The second kappa shape index (κ2) is 7.22. The van der Waals surface area contributed by atoms with Crippen LogP contribution in [0, 0.1) is 11.3 Å². The summed E-state index contributed by atoms with van der Waals surface area (Å²) in [5.74, 6) is -0.121. The van der Waals surface area contributed by atoms with Crippen molar-refractivity contribution in [2.24, 2.45) is 0 Å². The van der Waals surface area contributed by atoms with Crippen LogP contribution < -0.4 is 10.2 Å². The van der Waals surface area contributed by atoms with Gasteiger partial charge in [0.1, 0.15) is 0 Å².